The van der Waals surface area contributed by atoms with Gasteiger partial charge in [0, 0.05) is 18.4 Å². The first-order valence-corrected chi connectivity index (χ1v) is 16.2. The van der Waals surface area contributed by atoms with E-state index in [9.17, 15) is 4.79 Å². The quantitative estimate of drug-likeness (QED) is 0.0631. The lowest BCUT2D eigenvalue weighted by Gasteiger charge is -2.36. The van der Waals surface area contributed by atoms with E-state index in [1.165, 1.54) is 81.8 Å². The molecule has 2 aromatic rings. The molecule has 0 aliphatic heterocycles. The standard InChI is InChI=1S/C36H58NO3/c1-6-9-10-11-12-13-14-15-16-17-19-23-31-26-28-33(29-27-31)39-35(22-7-2)40-36(38)34(8-3)37(4,5)30-32-24-20-18-21-25-32/h18,20-21,24-29,34-35H,6-17,19,22-23,30H2,1-5H3/q+1. The molecule has 2 unspecified atom stereocenters. The van der Waals surface area contributed by atoms with E-state index in [4.69, 9.17) is 9.47 Å². The van der Waals surface area contributed by atoms with Gasteiger partial charge in [0.25, 0.3) is 0 Å². The number of hydrogen-bond donors (Lipinski definition) is 0. The smallest absolute Gasteiger partial charge is 0.368 e. The molecule has 0 heterocycles. The maximum Gasteiger partial charge on any atom is 0.368 e. The average molecular weight is 553 g/mol. The Kier molecular flexibility index (Phi) is 16.7. The summed E-state index contributed by atoms with van der Waals surface area (Å²) in [5, 5.41) is 0. The number of likely N-dealkylation sites (N-methyl/N-ethyl adjacent to an activating group) is 1. The van der Waals surface area contributed by atoms with Crippen molar-refractivity contribution in [3.8, 4) is 5.75 Å². The molecule has 2 atom stereocenters. The van der Waals surface area contributed by atoms with Gasteiger partial charge >= 0.3 is 5.97 Å². The summed E-state index contributed by atoms with van der Waals surface area (Å²) >= 11 is 0. The van der Waals surface area contributed by atoms with Crippen LogP contribution in [0, 0.1) is 0 Å². The summed E-state index contributed by atoms with van der Waals surface area (Å²) in [6, 6.07) is 18.4. The lowest BCUT2D eigenvalue weighted by atomic mass is 10.0. The van der Waals surface area contributed by atoms with Gasteiger partial charge in [-0.1, -0.05) is 127 Å². The summed E-state index contributed by atoms with van der Waals surface area (Å²) < 4.78 is 12.7. The van der Waals surface area contributed by atoms with E-state index in [0.717, 1.165) is 25.1 Å². The van der Waals surface area contributed by atoms with Gasteiger partial charge in [0.15, 0.2) is 6.04 Å². The van der Waals surface area contributed by atoms with Crippen molar-refractivity contribution in [1.29, 1.82) is 0 Å². The van der Waals surface area contributed by atoms with Crippen molar-refractivity contribution in [3.05, 3.63) is 65.7 Å². The predicted octanol–water partition coefficient (Wildman–Crippen LogP) is 9.64. The molecule has 2 rings (SSSR count). The minimum absolute atomic E-state index is 0.185. The highest BCUT2D eigenvalue weighted by Crippen LogP contribution is 2.22. The number of rotatable bonds is 22. The van der Waals surface area contributed by atoms with Crippen molar-refractivity contribution >= 4 is 5.97 Å². The van der Waals surface area contributed by atoms with Crippen LogP contribution in [0.5, 0.6) is 5.75 Å². The largest absolute Gasteiger partial charge is 0.455 e. The molecule has 0 aliphatic carbocycles. The van der Waals surface area contributed by atoms with Crippen LogP contribution in [-0.2, 0) is 22.5 Å². The van der Waals surface area contributed by atoms with Gasteiger partial charge in [-0.15, -0.1) is 0 Å². The lowest BCUT2D eigenvalue weighted by Crippen LogP contribution is -2.53. The van der Waals surface area contributed by atoms with E-state index in [2.05, 4.69) is 59.1 Å². The Labute approximate surface area is 246 Å². The van der Waals surface area contributed by atoms with Crippen molar-refractivity contribution in [2.75, 3.05) is 14.1 Å². The number of nitrogens with zero attached hydrogens (tertiary/aromatic N) is 1. The number of carbonyl (C=O) groups excluding carboxylic acids is 1. The van der Waals surface area contributed by atoms with Gasteiger partial charge in [0.2, 0.25) is 6.29 Å². The highest BCUT2D eigenvalue weighted by molar-refractivity contribution is 5.74. The molecule has 0 radical (unpaired) electrons. The van der Waals surface area contributed by atoms with Gasteiger partial charge in [-0.25, -0.2) is 4.79 Å². The number of benzene rings is 2. The van der Waals surface area contributed by atoms with Crippen LogP contribution in [0.15, 0.2) is 54.6 Å². The second kappa shape index (κ2) is 19.7. The minimum atomic E-state index is -0.569. The van der Waals surface area contributed by atoms with Crippen molar-refractivity contribution in [2.45, 2.75) is 136 Å². The van der Waals surface area contributed by atoms with Gasteiger partial charge in [0.05, 0.1) is 14.1 Å². The Morgan fingerprint density at radius 2 is 1.27 bits per heavy atom. The number of unbranched alkanes of at least 4 members (excludes halogenated alkanes) is 10. The Balaban J connectivity index is 1.76. The Hall–Kier alpha value is -2.33. The first-order chi connectivity index (χ1) is 19.4. The predicted molar refractivity (Wildman–Crippen MR) is 168 cm³/mol. The van der Waals surface area contributed by atoms with Gasteiger partial charge in [-0.2, -0.15) is 0 Å². The Morgan fingerprint density at radius 1 is 0.700 bits per heavy atom. The summed E-state index contributed by atoms with van der Waals surface area (Å²) in [6.45, 7) is 7.20. The third-order valence-corrected chi connectivity index (χ3v) is 7.97. The molecule has 0 bridgehead atoms. The number of esters is 1. The van der Waals surface area contributed by atoms with Crippen LogP contribution < -0.4 is 4.74 Å². The summed E-state index contributed by atoms with van der Waals surface area (Å²) in [7, 11) is 4.21. The molecular weight excluding hydrogens is 494 g/mol. The molecule has 0 aliphatic rings. The van der Waals surface area contributed by atoms with Gasteiger partial charge in [0.1, 0.15) is 12.3 Å². The molecule has 0 fully saturated rings. The lowest BCUT2D eigenvalue weighted by molar-refractivity contribution is -0.919. The van der Waals surface area contributed by atoms with Crippen LogP contribution in [0.1, 0.15) is 122 Å². The van der Waals surface area contributed by atoms with E-state index < -0.39 is 6.29 Å². The zero-order valence-electron chi connectivity index (χ0n) is 26.3. The third kappa shape index (κ3) is 13.4. The molecule has 0 aromatic heterocycles. The fourth-order valence-corrected chi connectivity index (χ4v) is 5.58. The highest BCUT2D eigenvalue weighted by atomic mass is 16.7. The Bertz CT molecular complexity index is 909. The van der Waals surface area contributed by atoms with E-state index in [1.807, 2.05) is 30.3 Å². The fraction of sp³-hybridized carbons (Fsp3) is 0.639. The molecule has 0 amide bonds. The summed E-state index contributed by atoms with van der Waals surface area (Å²) in [6.07, 6.45) is 17.8. The molecule has 224 valence electrons. The van der Waals surface area contributed by atoms with Crippen molar-refractivity contribution in [3.63, 3.8) is 0 Å². The van der Waals surface area contributed by atoms with E-state index in [-0.39, 0.29) is 12.0 Å². The molecule has 0 saturated heterocycles. The minimum Gasteiger partial charge on any atom is -0.455 e. The van der Waals surface area contributed by atoms with Gasteiger partial charge in [-0.3, -0.25) is 0 Å². The fourth-order valence-electron chi connectivity index (χ4n) is 5.58. The van der Waals surface area contributed by atoms with Crippen molar-refractivity contribution in [2.24, 2.45) is 0 Å². The maximum atomic E-state index is 13.3. The van der Waals surface area contributed by atoms with Crippen LogP contribution in [-0.4, -0.2) is 36.9 Å². The third-order valence-electron chi connectivity index (χ3n) is 7.97. The first kappa shape index (κ1) is 33.9. The molecule has 0 N–H and O–H groups in total. The maximum absolute atomic E-state index is 13.3. The van der Waals surface area contributed by atoms with E-state index in [0.29, 0.717) is 17.3 Å². The SMILES string of the molecule is CCCCCCCCCCCCCc1ccc(OC(CCC)OC(=O)C(CC)[N+](C)(C)Cc2ccccc2)cc1. The van der Waals surface area contributed by atoms with Gasteiger partial charge in [-0.05, 0) is 37.0 Å². The number of aryl methyl sites for hydroxylation is 1. The summed E-state index contributed by atoms with van der Waals surface area (Å²) in [4.78, 5) is 13.3. The Morgan fingerprint density at radius 3 is 1.82 bits per heavy atom. The van der Waals surface area contributed by atoms with Crippen LogP contribution >= 0.6 is 0 Å². The number of ether oxygens (including phenoxy) is 2. The molecule has 4 nitrogen and oxygen atoms in total. The number of carbonyl (C=O) groups is 1. The molecule has 2 aromatic carbocycles. The van der Waals surface area contributed by atoms with Crippen LogP contribution in [0.3, 0.4) is 0 Å². The van der Waals surface area contributed by atoms with Crippen LogP contribution in [0.4, 0.5) is 0 Å². The highest BCUT2D eigenvalue weighted by Gasteiger charge is 2.36. The van der Waals surface area contributed by atoms with Crippen molar-refractivity contribution in [1.82, 2.24) is 0 Å². The van der Waals surface area contributed by atoms with Crippen LogP contribution in [0.2, 0.25) is 0 Å². The normalized spacial score (nSPS) is 13.1. The van der Waals surface area contributed by atoms with Gasteiger partial charge < -0.3 is 14.0 Å². The number of quaternary nitrogens is 1. The summed E-state index contributed by atoms with van der Waals surface area (Å²) in [5.74, 6) is 0.579. The topological polar surface area (TPSA) is 35.5 Å². The second-order valence-corrected chi connectivity index (χ2v) is 12.0. The van der Waals surface area contributed by atoms with E-state index >= 15 is 0 Å². The second-order valence-electron chi connectivity index (χ2n) is 12.0. The zero-order chi connectivity index (χ0) is 29.1. The molecular formula is C36H58NO3+. The molecule has 0 spiro atoms. The number of hydrogen-bond acceptors (Lipinski definition) is 3. The van der Waals surface area contributed by atoms with Crippen molar-refractivity contribution < 1.29 is 18.8 Å². The average Bonchev–Trinajstić information content (AvgIpc) is 2.93. The zero-order valence-corrected chi connectivity index (χ0v) is 26.3. The molecule has 0 saturated carbocycles. The molecule has 4 heteroatoms. The van der Waals surface area contributed by atoms with E-state index in [1.54, 1.807) is 0 Å². The molecule has 40 heavy (non-hydrogen) atoms. The van der Waals surface area contributed by atoms with Crippen LogP contribution in [0.25, 0.3) is 0 Å². The monoisotopic (exact) mass is 552 g/mol. The summed E-state index contributed by atoms with van der Waals surface area (Å²) in [5.41, 5.74) is 2.56. The first-order valence-electron chi connectivity index (χ1n) is 16.2.